The van der Waals surface area contributed by atoms with E-state index in [2.05, 4.69) is 16.0 Å². The van der Waals surface area contributed by atoms with E-state index in [-0.39, 0.29) is 31.1 Å². The van der Waals surface area contributed by atoms with Crippen LogP contribution in [0.25, 0.3) is 0 Å². The van der Waals surface area contributed by atoms with Crippen molar-refractivity contribution in [1.29, 1.82) is 0 Å². The summed E-state index contributed by atoms with van der Waals surface area (Å²) in [5.41, 5.74) is 5.63. The first-order chi connectivity index (χ1) is 13.3. The number of nitrogens with two attached hydrogens (primary N) is 1. The number of hydrogen-bond acceptors (Lipinski definition) is 6. The maximum absolute atomic E-state index is 12.4. The molecule has 3 amide bonds. The molecule has 0 radical (unpaired) electrons. The first kappa shape index (κ1) is 26.3. The minimum Gasteiger partial charge on any atom is -0.481 e. The third-order valence-corrected chi connectivity index (χ3v) is 4.02. The highest BCUT2D eigenvalue weighted by Crippen LogP contribution is 2.05. The zero-order valence-electron chi connectivity index (χ0n) is 17.2. The van der Waals surface area contributed by atoms with E-state index in [1.54, 1.807) is 13.8 Å². The van der Waals surface area contributed by atoms with Crippen molar-refractivity contribution < 1.29 is 34.2 Å². The smallest absolute Gasteiger partial charge is 0.326 e. The second-order valence-electron chi connectivity index (χ2n) is 7.57. The van der Waals surface area contributed by atoms with Gasteiger partial charge in [-0.25, -0.2) is 4.79 Å². The Morgan fingerprint density at radius 2 is 1.52 bits per heavy atom. The van der Waals surface area contributed by atoms with Gasteiger partial charge in [-0.15, -0.1) is 0 Å². The number of carboxylic acids is 2. The van der Waals surface area contributed by atoms with E-state index in [9.17, 15) is 24.0 Å². The summed E-state index contributed by atoms with van der Waals surface area (Å²) in [5.74, 6) is -4.51. The summed E-state index contributed by atoms with van der Waals surface area (Å²) in [6.45, 7) is 6.54. The van der Waals surface area contributed by atoms with E-state index in [1.807, 2.05) is 13.8 Å². The number of carbonyl (C=O) groups excluding carboxylic acids is 3. The van der Waals surface area contributed by atoms with Crippen LogP contribution in [0.3, 0.4) is 0 Å². The zero-order chi connectivity index (χ0) is 22.7. The van der Waals surface area contributed by atoms with E-state index < -0.39 is 54.3 Å². The first-order valence-electron chi connectivity index (χ1n) is 9.42. The number of aliphatic carboxylic acids is 2. The lowest BCUT2D eigenvalue weighted by molar-refractivity contribution is -0.142. The van der Waals surface area contributed by atoms with Gasteiger partial charge in [0.2, 0.25) is 17.7 Å². The second kappa shape index (κ2) is 12.7. The lowest BCUT2D eigenvalue weighted by atomic mass is 10.0. The summed E-state index contributed by atoms with van der Waals surface area (Å²) >= 11 is 0. The van der Waals surface area contributed by atoms with Gasteiger partial charge in [-0.1, -0.05) is 27.7 Å². The molecule has 11 heteroatoms. The van der Waals surface area contributed by atoms with E-state index in [0.717, 1.165) is 0 Å². The largest absolute Gasteiger partial charge is 0.481 e. The Hall–Kier alpha value is -2.69. The molecule has 0 aromatic rings. The molecule has 0 aliphatic carbocycles. The number of rotatable bonds is 13. The van der Waals surface area contributed by atoms with Gasteiger partial charge in [0.25, 0.3) is 0 Å². The SMILES string of the molecule is CC(C)CC(NC(=O)CNC(=O)C(NC(=O)C(N)CCC(=O)O)C(C)C)C(=O)O. The van der Waals surface area contributed by atoms with Crippen molar-refractivity contribution in [3.8, 4) is 0 Å². The summed E-state index contributed by atoms with van der Waals surface area (Å²) < 4.78 is 0. The highest BCUT2D eigenvalue weighted by atomic mass is 16.4. The zero-order valence-corrected chi connectivity index (χ0v) is 17.2. The van der Waals surface area contributed by atoms with Crippen LogP contribution >= 0.6 is 0 Å². The summed E-state index contributed by atoms with van der Waals surface area (Å²) in [6, 6.07) is -3.14. The molecule has 0 bridgehead atoms. The highest BCUT2D eigenvalue weighted by molar-refractivity contribution is 5.92. The fourth-order valence-electron chi connectivity index (χ4n) is 2.42. The molecule has 3 unspecified atom stereocenters. The van der Waals surface area contributed by atoms with Crippen LogP contribution < -0.4 is 21.7 Å². The molecule has 166 valence electrons. The number of carboxylic acid groups (broad SMARTS) is 2. The summed E-state index contributed by atoms with van der Waals surface area (Å²) in [5, 5.41) is 24.9. The van der Waals surface area contributed by atoms with Crippen LogP contribution in [0.2, 0.25) is 0 Å². The number of nitrogens with one attached hydrogen (secondary N) is 3. The lowest BCUT2D eigenvalue weighted by Gasteiger charge is -2.23. The second-order valence-corrected chi connectivity index (χ2v) is 7.57. The highest BCUT2D eigenvalue weighted by Gasteiger charge is 2.27. The van der Waals surface area contributed by atoms with Crippen molar-refractivity contribution in [1.82, 2.24) is 16.0 Å². The van der Waals surface area contributed by atoms with Gasteiger partial charge in [0.15, 0.2) is 0 Å². The van der Waals surface area contributed by atoms with Crippen LogP contribution in [0, 0.1) is 11.8 Å². The minimum atomic E-state index is -1.17. The normalized spacial score (nSPS) is 14.0. The quantitative estimate of drug-likeness (QED) is 0.221. The van der Waals surface area contributed by atoms with Crippen molar-refractivity contribution in [3.05, 3.63) is 0 Å². The molecule has 0 aromatic carbocycles. The number of amides is 3. The van der Waals surface area contributed by atoms with E-state index >= 15 is 0 Å². The third kappa shape index (κ3) is 11.0. The molecule has 0 spiro atoms. The van der Waals surface area contributed by atoms with E-state index in [0.29, 0.717) is 0 Å². The molecular weight excluding hydrogens is 384 g/mol. The van der Waals surface area contributed by atoms with Gasteiger partial charge in [0.05, 0.1) is 12.6 Å². The van der Waals surface area contributed by atoms with Crippen molar-refractivity contribution in [2.45, 2.75) is 65.1 Å². The van der Waals surface area contributed by atoms with Gasteiger partial charge < -0.3 is 31.9 Å². The molecule has 29 heavy (non-hydrogen) atoms. The molecule has 7 N–H and O–H groups in total. The molecule has 3 atom stereocenters. The Morgan fingerprint density at radius 3 is 1.97 bits per heavy atom. The van der Waals surface area contributed by atoms with Crippen molar-refractivity contribution in [2.75, 3.05) is 6.54 Å². The van der Waals surface area contributed by atoms with Crippen LogP contribution in [0.4, 0.5) is 0 Å². The molecule has 0 saturated carbocycles. The maximum atomic E-state index is 12.4. The summed E-state index contributed by atoms with van der Waals surface area (Å²) in [6.07, 6.45) is -0.120. The Morgan fingerprint density at radius 1 is 0.931 bits per heavy atom. The predicted molar refractivity (Wildman–Crippen MR) is 104 cm³/mol. The van der Waals surface area contributed by atoms with Crippen LogP contribution in [0.5, 0.6) is 0 Å². The minimum absolute atomic E-state index is 0.0526. The van der Waals surface area contributed by atoms with Crippen LogP contribution in [-0.4, -0.2) is 64.5 Å². The van der Waals surface area contributed by atoms with Crippen LogP contribution in [0.15, 0.2) is 0 Å². The van der Waals surface area contributed by atoms with Gasteiger partial charge >= 0.3 is 11.9 Å². The van der Waals surface area contributed by atoms with E-state index in [1.165, 1.54) is 0 Å². The topological polar surface area (TPSA) is 188 Å². The molecule has 0 heterocycles. The fraction of sp³-hybridized carbons (Fsp3) is 0.722. The summed E-state index contributed by atoms with van der Waals surface area (Å²) in [7, 11) is 0. The van der Waals surface area contributed by atoms with Crippen LogP contribution in [-0.2, 0) is 24.0 Å². The van der Waals surface area contributed by atoms with Gasteiger partial charge in [0, 0.05) is 6.42 Å². The van der Waals surface area contributed by atoms with Crippen molar-refractivity contribution >= 4 is 29.7 Å². The Bertz CT molecular complexity index is 607. The molecule has 0 aliphatic rings. The Labute approximate surface area is 169 Å². The average molecular weight is 416 g/mol. The predicted octanol–water partition coefficient (Wildman–Crippen LogP) is -0.949. The molecule has 0 saturated heterocycles. The first-order valence-corrected chi connectivity index (χ1v) is 9.42. The molecular formula is C18H32N4O7. The van der Waals surface area contributed by atoms with Gasteiger partial charge in [-0.3, -0.25) is 19.2 Å². The molecule has 0 aliphatic heterocycles. The van der Waals surface area contributed by atoms with Crippen molar-refractivity contribution in [3.63, 3.8) is 0 Å². The van der Waals surface area contributed by atoms with Crippen LogP contribution in [0.1, 0.15) is 47.0 Å². The number of carbonyl (C=O) groups is 5. The Kier molecular flexibility index (Phi) is 11.5. The standard InChI is InChI=1S/C18H32N4O7/c1-9(2)7-12(18(28)29)21-13(23)8-20-17(27)15(10(3)4)22-16(26)11(19)5-6-14(24)25/h9-12,15H,5-8,19H2,1-4H3,(H,20,27)(H,21,23)(H,22,26)(H,24,25)(H,28,29). The van der Waals surface area contributed by atoms with Gasteiger partial charge in [-0.05, 0) is 24.7 Å². The molecule has 11 nitrogen and oxygen atoms in total. The van der Waals surface area contributed by atoms with Gasteiger partial charge in [0.1, 0.15) is 12.1 Å². The third-order valence-electron chi connectivity index (χ3n) is 4.02. The maximum Gasteiger partial charge on any atom is 0.326 e. The summed E-state index contributed by atoms with van der Waals surface area (Å²) in [4.78, 5) is 58.2. The average Bonchev–Trinajstić information content (AvgIpc) is 2.60. The molecule has 0 rings (SSSR count). The molecule has 0 aromatic heterocycles. The Balaban J connectivity index is 4.74. The monoisotopic (exact) mass is 416 g/mol. The van der Waals surface area contributed by atoms with E-state index in [4.69, 9.17) is 15.9 Å². The van der Waals surface area contributed by atoms with Crippen molar-refractivity contribution in [2.24, 2.45) is 17.6 Å². The number of hydrogen-bond donors (Lipinski definition) is 6. The lowest BCUT2D eigenvalue weighted by Crippen LogP contribution is -2.55. The van der Waals surface area contributed by atoms with Gasteiger partial charge in [-0.2, -0.15) is 0 Å². The fourth-order valence-corrected chi connectivity index (χ4v) is 2.42. The molecule has 0 fully saturated rings.